The lowest BCUT2D eigenvalue weighted by Crippen LogP contribution is -2.50. The van der Waals surface area contributed by atoms with E-state index in [2.05, 4.69) is 5.32 Å². The average Bonchev–Trinajstić information content (AvgIpc) is 2.63. The molecule has 2 rings (SSSR count). The number of β-amino-alcohol motifs (C(OH)–C–C–N with tert-alkyl or cyclic N) is 1. The van der Waals surface area contributed by atoms with Gasteiger partial charge >= 0.3 is 11.9 Å². The molecule has 1 heterocycles. The van der Waals surface area contributed by atoms with Crippen molar-refractivity contribution in [1.29, 1.82) is 0 Å². The number of anilines is 1. The van der Waals surface area contributed by atoms with Crippen LogP contribution >= 0.6 is 0 Å². The summed E-state index contributed by atoms with van der Waals surface area (Å²) in [6.45, 7) is 4.96. The minimum Gasteiger partial charge on any atom is -0.466 e. The Bertz CT molecular complexity index is 655. The van der Waals surface area contributed by atoms with Crippen molar-refractivity contribution in [2.75, 3.05) is 31.2 Å². The van der Waals surface area contributed by atoms with E-state index < -0.39 is 23.9 Å². The number of nitrogens with one attached hydrogen (secondary N) is 1. The normalized spacial score (nSPS) is 14.9. The highest BCUT2D eigenvalue weighted by molar-refractivity contribution is 5.97. The van der Waals surface area contributed by atoms with Gasteiger partial charge in [-0.05, 0) is 44.5 Å². The van der Waals surface area contributed by atoms with E-state index in [1.165, 1.54) is 0 Å². The maximum Gasteiger partial charge on any atom is 0.328 e. The van der Waals surface area contributed by atoms with Gasteiger partial charge in [0.25, 0.3) is 5.91 Å². The molecule has 1 aromatic carbocycles. The lowest BCUT2D eigenvalue weighted by molar-refractivity contribution is -0.146. The van der Waals surface area contributed by atoms with Gasteiger partial charge in [-0.2, -0.15) is 0 Å². The van der Waals surface area contributed by atoms with E-state index in [4.69, 9.17) is 9.47 Å². The number of hydrogen-bond donors (Lipinski definition) is 2. The van der Waals surface area contributed by atoms with Crippen LogP contribution in [0, 0.1) is 0 Å². The predicted octanol–water partition coefficient (Wildman–Crippen LogP) is 0.872. The van der Waals surface area contributed by atoms with Gasteiger partial charge in [-0.1, -0.05) is 0 Å². The zero-order valence-corrected chi connectivity index (χ0v) is 15.6. The second kappa shape index (κ2) is 9.91. The number of carbonyl (C=O) groups is 3. The Morgan fingerprint density at radius 1 is 1.15 bits per heavy atom. The summed E-state index contributed by atoms with van der Waals surface area (Å²) in [6.07, 6.45) is -0.196. The monoisotopic (exact) mass is 378 g/mol. The molecule has 148 valence electrons. The number of ether oxygens (including phenoxy) is 2. The first-order chi connectivity index (χ1) is 12.9. The maximum absolute atomic E-state index is 12.5. The van der Waals surface area contributed by atoms with Crippen LogP contribution in [0.5, 0.6) is 0 Å². The molecule has 1 amide bonds. The fourth-order valence-corrected chi connectivity index (χ4v) is 2.72. The molecule has 1 aliphatic heterocycles. The average molecular weight is 378 g/mol. The first kappa shape index (κ1) is 20.7. The number of aliphatic hydroxyl groups excluding tert-OH is 1. The number of rotatable bonds is 9. The van der Waals surface area contributed by atoms with Crippen LogP contribution in [-0.4, -0.2) is 61.4 Å². The van der Waals surface area contributed by atoms with Crippen LogP contribution in [0.15, 0.2) is 24.3 Å². The summed E-state index contributed by atoms with van der Waals surface area (Å²) in [7, 11) is 0. The molecule has 1 fully saturated rings. The van der Waals surface area contributed by atoms with Crippen molar-refractivity contribution in [2.24, 2.45) is 0 Å². The molecule has 27 heavy (non-hydrogen) atoms. The highest BCUT2D eigenvalue weighted by atomic mass is 16.5. The van der Waals surface area contributed by atoms with Crippen LogP contribution in [0.3, 0.4) is 0 Å². The fourth-order valence-electron chi connectivity index (χ4n) is 2.72. The lowest BCUT2D eigenvalue weighted by Gasteiger charge is -2.37. The van der Waals surface area contributed by atoms with Gasteiger partial charge in [0, 0.05) is 30.8 Å². The Morgan fingerprint density at radius 3 is 2.33 bits per heavy atom. The number of aliphatic hydroxyl groups is 1. The van der Waals surface area contributed by atoms with Crippen molar-refractivity contribution in [3.63, 3.8) is 0 Å². The standard InChI is InChI=1S/C19H26N2O6/c1-3-26-17(23)10-9-16(19(25)27-4-2)20-18(24)13-5-7-14(8-6-13)21-11-15(22)12-21/h5-8,15-16,22H,3-4,9-12H2,1-2H3,(H,20,24)/t16-/m0/s1. The lowest BCUT2D eigenvalue weighted by atomic mass is 10.1. The van der Waals surface area contributed by atoms with E-state index >= 15 is 0 Å². The molecule has 0 saturated carbocycles. The molecular formula is C19H26N2O6. The van der Waals surface area contributed by atoms with Gasteiger partial charge in [0.05, 0.1) is 19.3 Å². The SMILES string of the molecule is CCOC(=O)CC[C@H](NC(=O)c1ccc(N2CC(O)C2)cc1)C(=O)OCC. The molecular weight excluding hydrogens is 352 g/mol. The zero-order chi connectivity index (χ0) is 19.8. The van der Waals surface area contributed by atoms with E-state index in [0.29, 0.717) is 18.7 Å². The van der Waals surface area contributed by atoms with Crippen LogP contribution in [0.2, 0.25) is 0 Å². The Balaban J connectivity index is 1.96. The number of benzene rings is 1. The van der Waals surface area contributed by atoms with E-state index in [1.807, 2.05) is 4.90 Å². The molecule has 0 unspecified atom stereocenters. The zero-order valence-electron chi connectivity index (χ0n) is 15.6. The van der Waals surface area contributed by atoms with Gasteiger partial charge in [0.2, 0.25) is 0 Å². The van der Waals surface area contributed by atoms with Gasteiger partial charge in [0.15, 0.2) is 0 Å². The Kier molecular flexibility index (Phi) is 7.60. The summed E-state index contributed by atoms with van der Waals surface area (Å²) in [6, 6.07) is 5.97. The number of hydrogen-bond acceptors (Lipinski definition) is 7. The van der Waals surface area contributed by atoms with Gasteiger partial charge in [-0.25, -0.2) is 4.79 Å². The molecule has 0 radical (unpaired) electrons. The smallest absolute Gasteiger partial charge is 0.328 e. The molecule has 0 spiro atoms. The molecule has 8 heteroatoms. The molecule has 1 atom stereocenters. The van der Waals surface area contributed by atoms with Crippen LogP contribution in [0.25, 0.3) is 0 Å². The van der Waals surface area contributed by atoms with Gasteiger partial charge in [-0.3, -0.25) is 9.59 Å². The Morgan fingerprint density at radius 2 is 1.78 bits per heavy atom. The summed E-state index contributed by atoms with van der Waals surface area (Å²) in [5.41, 5.74) is 1.31. The van der Waals surface area contributed by atoms with Crippen molar-refractivity contribution in [3.8, 4) is 0 Å². The molecule has 1 aliphatic rings. The van der Waals surface area contributed by atoms with Gasteiger partial charge in [-0.15, -0.1) is 0 Å². The summed E-state index contributed by atoms with van der Waals surface area (Å²) in [4.78, 5) is 38.1. The molecule has 0 aromatic heterocycles. The van der Waals surface area contributed by atoms with Crippen molar-refractivity contribution in [1.82, 2.24) is 5.32 Å². The molecule has 1 saturated heterocycles. The third-order valence-corrected chi connectivity index (χ3v) is 4.18. The molecule has 2 N–H and O–H groups in total. The third kappa shape index (κ3) is 5.96. The summed E-state index contributed by atoms with van der Waals surface area (Å²) in [5, 5.41) is 12.0. The van der Waals surface area contributed by atoms with Crippen LogP contribution in [0.1, 0.15) is 37.0 Å². The summed E-state index contributed by atoms with van der Waals surface area (Å²) >= 11 is 0. The topological polar surface area (TPSA) is 105 Å². The van der Waals surface area contributed by atoms with E-state index in [0.717, 1.165) is 5.69 Å². The summed E-state index contributed by atoms with van der Waals surface area (Å²) in [5.74, 6) is -1.43. The van der Waals surface area contributed by atoms with Crippen molar-refractivity contribution >= 4 is 23.5 Å². The first-order valence-corrected chi connectivity index (χ1v) is 9.10. The second-order valence-electron chi connectivity index (χ2n) is 6.23. The second-order valence-corrected chi connectivity index (χ2v) is 6.23. The van der Waals surface area contributed by atoms with Crippen molar-refractivity contribution < 1.29 is 29.0 Å². The number of amides is 1. The minimum atomic E-state index is -0.924. The van der Waals surface area contributed by atoms with Gasteiger partial charge in [0.1, 0.15) is 6.04 Å². The summed E-state index contributed by atoms with van der Waals surface area (Å²) < 4.78 is 9.83. The minimum absolute atomic E-state index is 0.00776. The molecule has 8 nitrogen and oxygen atoms in total. The van der Waals surface area contributed by atoms with Crippen LogP contribution in [0.4, 0.5) is 5.69 Å². The van der Waals surface area contributed by atoms with E-state index in [9.17, 15) is 19.5 Å². The van der Waals surface area contributed by atoms with Crippen LogP contribution < -0.4 is 10.2 Å². The first-order valence-electron chi connectivity index (χ1n) is 9.10. The van der Waals surface area contributed by atoms with E-state index in [-0.39, 0.29) is 32.2 Å². The highest BCUT2D eigenvalue weighted by Crippen LogP contribution is 2.21. The number of esters is 2. The molecule has 1 aromatic rings. The Hall–Kier alpha value is -2.61. The fraction of sp³-hybridized carbons (Fsp3) is 0.526. The van der Waals surface area contributed by atoms with Crippen LogP contribution in [-0.2, 0) is 19.1 Å². The third-order valence-electron chi connectivity index (χ3n) is 4.18. The highest BCUT2D eigenvalue weighted by Gasteiger charge is 2.26. The van der Waals surface area contributed by atoms with E-state index in [1.54, 1.807) is 38.1 Å². The molecule has 0 bridgehead atoms. The largest absolute Gasteiger partial charge is 0.466 e. The van der Waals surface area contributed by atoms with Crippen molar-refractivity contribution in [2.45, 2.75) is 38.8 Å². The number of nitrogens with zero attached hydrogens (tertiary/aromatic N) is 1. The molecule has 0 aliphatic carbocycles. The van der Waals surface area contributed by atoms with Crippen molar-refractivity contribution in [3.05, 3.63) is 29.8 Å². The number of carbonyl (C=O) groups excluding carboxylic acids is 3. The van der Waals surface area contributed by atoms with Gasteiger partial charge < -0.3 is 24.8 Å². The quantitative estimate of drug-likeness (QED) is 0.614. The predicted molar refractivity (Wildman–Crippen MR) is 98.4 cm³/mol. The Labute approximate surface area is 158 Å². The maximum atomic E-state index is 12.5.